The molecule has 0 amide bonds. The number of hydrogen-bond donors (Lipinski definition) is 0. The lowest BCUT2D eigenvalue weighted by Gasteiger charge is -1.94. The SMILES string of the molecule is CBc1cccnc1Br. The van der Waals surface area contributed by atoms with Crippen LogP contribution in [-0.4, -0.2) is 12.3 Å². The Balaban J connectivity index is 3.01. The van der Waals surface area contributed by atoms with Crippen molar-refractivity contribution in [2.24, 2.45) is 0 Å². The van der Waals surface area contributed by atoms with Gasteiger partial charge in [0, 0.05) is 6.20 Å². The lowest BCUT2D eigenvalue weighted by Crippen LogP contribution is -2.12. The van der Waals surface area contributed by atoms with Gasteiger partial charge in [0.1, 0.15) is 0 Å². The molecule has 0 bridgehead atoms. The summed E-state index contributed by atoms with van der Waals surface area (Å²) in [4.78, 5) is 4.07. The van der Waals surface area contributed by atoms with Crippen molar-refractivity contribution in [1.82, 2.24) is 4.98 Å². The molecule has 0 N–H and O–H groups in total. The Labute approximate surface area is 63.9 Å². The van der Waals surface area contributed by atoms with Crippen molar-refractivity contribution < 1.29 is 0 Å². The average Bonchev–Trinajstić information content (AvgIpc) is 1.89. The second-order valence-electron chi connectivity index (χ2n) is 1.81. The molecular weight excluding hydrogens is 177 g/mol. The first-order valence-corrected chi connectivity index (χ1v) is 3.73. The monoisotopic (exact) mass is 183 g/mol. The van der Waals surface area contributed by atoms with Crippen molar-refractivity contribution in [2.75, 3.05) is 0 Å². The fourth-order valence-electron chi connectivity index (χ4n) is 0.683. The van der Waals surface area contributed by atoms with Crippen LogP contribution < -0.4 is 5.46 Å². The highest BCUT2D eigenvalue weighted by atomic mass is 79.9. The largest absolute Gasteiger partial charge is 0.250 e. The summed E-state index contributed by atoms with van der Waals surface area (Å²) in [6, 6.07) is 4.01. The van der Waals surface area contributed by atoms with Gasteiger partial charge in [-0.2, -0.15) is 0 Å². The van der Waals surface area contributed by atoms with Gasteiger partial charge >= 0.3 is 0 Å². The number of pyridine rings is 1. The second kappa shape index (κ2) is 3.02. The van der Waals surface area contributed by atoms with Crippen molar-refractivity contribution in [1.29, 1.82) is 0 Å². The van der Waals surface area contributed by atoms with Gasteiger partial charge in [0.05, 0.1) is 4.60 Å². The maximum Gasteiger partial charge on any atom is 0.158 e. The summed E-state index contributed by atoms with van der Waals surface area (Å²) in [5.41, 5.74) is 1.26. The lowest BCUT2D eigenvalue weighted by molar-refractivity contribution is 1.30. The molecule has 0 saturated heterocycles. The minimum Gasteiger partial charge on any atom is -0.250 e. The van der Waals surface area contributed by atoms with Crippen molar-refractivity contribution in [3.63, 3.8) is 0 Å². The summed E-state index contributed by atoms with van der Waals surface area (Å²) in [5.74, 6) is 0. The first-order chi connectivity index (χ1) is 4.34. The van der Waals surface area contributed by atoms with E-state index in [1.54, 1.807) is 6.20 Å². The van der Waals surface area contributed by atoms with Crippen LogP contribution >= 0.6 is 15.9 Å². The third-order valence-electron chi connectivity index (χ3n) is 1.22. The molecular formula is C6H7BBrN. The molecule has 1 aromatic rings. The van der Waals surface area contributed by atoms with Gasteiger partial charge < -0.3 is 0 Å². The van der Waals surface area contributed by atoms with Crippen LogP contribution in [0.2, 0.25) is 6.82 Å². The van der Waals surface area contributed by atoms with Crippen LogP contribution in [0.4, 0.5) is 0 Å². The van der Waals surface area contributed by atoms with Gasteiger partial charge in [0.15, 0.2) is 7.28 Å². The predicted molar refractivity (Wildman–Crippen MR) is 44.6 cm³/mol. The minimum atomic E-state index is 0.965. The Morgan fingerprint density at radius 1 is 1.67 bits per heavy atom. The van der Waals surface area contributed by atoms with E-state index in [1.807, 2.05) is 6.07 Å². The fraction of sp³-hybridized carbons (Fsp3) is 0.167. The molecule has 3 heteroatoms. The molecule has 0 aliphatic heterocycles. The van der Waals surface area contributed by atoms with E-state index < -0.39 is 0 Å². The molecule has 9 heavy (non-hydrogen) atoms. The number of hydrogen-bond acceptors (Lipinski definition) is 1. The topological polar surface area (TPSA) is 12.9 Å². The zero-order chi connectivity index (χ0) is 6.69. The van der Waals surface area contributed by atoms with Gasteiger partial charge in [-0.1, -0.05) is 18.4 Å². The molecule has 1 rings (SSSR count). The fourth-order valence-corrected chi connectivity index (χ4v) is 1.21. The van der Waals surface area contributed by atoms with Crippen molar-refractivity contribution in [2.45, 2.75) is 6.82 Å². The van der Waals surface area contributed by atoms with E-state index in [-0.39, 0.29) is 0 Å². The van der Waals surface area contributed by atoms with E-state index in [2.05, 4.69) is 33.8 Å². The summed E-state index contributed by atoms with van der Waals surface area (Å²) in [7, 11) is 1.04. The zero-order valence-corrected chi connectivity index (χ0v) is 6.85. The first kappa shape index (κ1) is 6.81. The third-order valence-corrected chi connectivity index (χ3v) is 1.93. The Hall–Kier alpha value is -0.305. The molecule has 1 heterocycles. The highest BCUT2D eigenvalue weighted by molar-refractivity contribution is 9.10. The van der Waals surface area contributed by atoms with E-state index in [4.69, 9.17) is 0 Å². The molecule has 0 aromatic carbocycles. The van der Waals surface area contributed by atoms with Crippen LogP contribution in [-0.2, 0) is 0 Å². The third kappa shape index (κ3) is 1.55. The quantitative estimate of drug-likeness (QED) is 0.467. The van der Waals surface area contributed by atoms with Gasteiger partial charge in [-0.25, -0.2) is 4.98 Å². The molecule has 0 fully saturated rings. The molecule has 0 radical (unpaired) electrons. The lowest BCUT2D eigenvalue weighted by atomic mass is 9.74. The first-order valence-electron chi connectivity index (χ1n) is 2.94. The summed E-state index contributed by atoms with van der Waals surface area (Å²) in [6.45, 7) is 2.11. The standard InChI is InChI=1S/C6H7BBrN/c1-7-5-3-2-4-9-6(5)8/h2-4,7H,1H3. The van der Waals surface area contributed by atoms with Crippen LogP contribution in [0.3, 0.4) is 0 Å². The molecule has 46 valence electrons. The Kier molecular flexibility index (Phi) is 2.28. The van der Waals surface area contributed by atoms with Crippen molar-refractivity contribution in [3.05, 3.63) is 22.9 Å². The number of rotatable bonds is 1. The summed E-state index contributed by atoms with van der Waals surface area (Å²) in [5, 5.41) is 0. The van der Waals surface area contributed by atoms with Crippen LogP contribution in [0, 0.1) is 0 Å². The normalized spacial score (nSPS) is 9.11. The van der Waals surface area contributed by atoms with E-state index in [1.165, 1.54) is 5.46 Å². The zero-order valence-electron chi connectivity index (χ0n) is 5.26. The molecule has 0 saturated carbocycles. The summed E-state index contributed by atoms with van der Waals surface area (Å²) < 4.78 is 0.965. The molecule has 0 atom stereocenters. The highest BCUT2D eigenvalue weighted by Gasteiger charge is 1.94. The minimum absolute atomic E-state index is 0.965. The van der Waals surface area contributed by atoms with Gasteiger partial charge in [0.2, 0.25) is 0 Å². The average molecular weight is 184 g/mol. The van der Waals surface area contributed by atoms with Crippen LogP contribution in [0.5, 0.6) is 0 Å². The molecule has 0 spiro atoms. The summed E-state index contributed by atoms with van der Waals surface area (Å²) >= 11 is 3.35. The van der Waals surface area contributed by atoms with Crippen LogP contribution in [0.25, 0.3) is 0 Å². The second-order valence-corrected chi connectivity index (χ2v) is 2.56. The van der Waals surface area contributed by atoms with Gasteiger partial charge in [-0.05, 0) is 22.0 Å². The number of aromatic nitrogens is 1. The van der Waals surface area contributed by atoms with Crippen LogP contribution in [0.15, 0.2) is 22.9 Å². The molecule has 1 aromatic heterocycles. The number of nitrogens with zero attached hydrogens (tertiary/aromatic N) is 1. The van der Waals surface area contributed by atoms with E-state index in [0.29, 0.717) is 0 Å². The number of halogens is 1. The molecule has 0 unspecified atom stereocenters. The van der Waals surface area contributed by atoms with E-state index in [0.717, 1.165) is 11.9 Å². The maximum absolute atomic E-state index is 4.07. The summed E-state index contributed by atoms with van der Waals surface area (Å²) in [6.07, 6.45) is 1.78. The van der Waals surface area contributed by atoms with E-state index >= 15 is 0 Å². The maximum atomic E-state index is 4.07. The highest BCUT2D eigenvalue weighted by Crippen LogP contribution is 1.98. The molecule has 0 aliphatic rings. The van der Waals surface area contributed by atoms with Crippen molar-refractivity contribution >= 4 is 28.7 Å². The Morgan fingerprint density at radius 3 is 2.89 bits per heavy atom. The molecule has 0 aliphatic carbocycles. The Morgan fingerprint density at radius 2 is 2.44 bits per heavy atom. The van der Waals surface area contributed by atoms with Crippen LogP contribution in [0.1, 0.15) is 0 Å². The van der Waals surface area contributed by atoms with Gasteiger partial charge in [0.25, 0.3) is 0 Å². The smallest absolute Gasteiger partial charge is 0.158 e. The Bertz CT molecular complexity index is 202. The van der Waals surface area contributed by atoms with Crippen molar-refractivity contribution in [3.8, 4) is 0 Å². The van der Waals surface area contributed by atoms with Gasteiger partial charge in [-0.15, -0.1) is 0 Å². The van der Waals surface area contributed by atoms with E-state index in [9.17, 15) is 0 Å². The predicted octanol–water partition coefficient (Wildman–Crippen LogP) is 0.954. The van der Waals surface area contributed by atoms with Gasteiger partial charge in [-0.3, -0.25) is 0 Å². The molecule has 1 nitrogen and oxygen atoms in total.